The van der Waals surface area contributed by atoms with Crippen molar-refractivity contribution < 1.29 is 17.6 Å². The van der Waals surface area contributed by atoms with E-state index < -0.39 is 23.3 Å². The Hall–Kier alpha value is -3.66. The minimum absolute atomic E-state index is 0.130. The fourth-order valence-corrected chi connectivity index (χ4v) is 3.56. The molecule has 0 aliphatic heterocycles. The summed E-state index contributed by atoms with van der Waals surface area (Å²) in [7, 11) is 0. The van der Waals surface area contributed by atoms with Crippen molar-refractivity contribution in [3.8, 4) is 29.1 Å². The molecule has 6 heteroatoms. The lowest BCUT2D eigenvalue weighted by Gasteiger charge is -2.04. The third-order valence-corrected chi connectivity index (χ3v) is 5.57. The molecule has 0 aliphatic rings. The molecule has 0 bridgehead atoms. The van der Waals surface area contributed by atoms with Crippen LogP contribution in [0.15, 0.2) is 53.4 Å². The van der Waals surface area contributed by atoms with Crippen LogP contribution in [0.2, 0.25) is 0 Å². The first-order valence-corrected chi connectivity index (χ1v) is 11.4. The SMILES string of the molecule is CCCCCc1cc(F)c(C#Cc2ccc(C#Cc3cc(F)c(SC#N)c(F)c3)cc2)c(F)c1. The van der Waals surface area contributed by atoms with E-state index in [0.717, 1.165) is 31.4 Å². The third-order valence-electron chi connectivity index (χ3n) is 4.88. The van der Waals surface area contributed by atoms with E-state index in [4.69, 9.17) is 5.26 Å². The minimum atomic E-state index is -0.852. The van der Waals surface area contributed by atoms with E-state index in [1.165, 1.54) is 12.1 Å². The van der Waals surface area contributed by atoms with E-state index in [2.05, 4.69) is 30.6 Å². The van der Waals surface area contributed by atoms with Crippen LogP contribution in [0.5, 0.6) is 0 Å². The highest BCUT2D eigenvalue weighted by Crippen LogP contribution is 2.25. The Morgan fingerprint density at radius 3 is 1.76 bits per heavy atom. The zero-order chi connectivity index (χ0) is 24.5. The molecule has 34 heavy (non-hydrogen) atoms. The number of rotatable bonds is 5. The van der Waals surface area contributed by atoms with Crippen molar-refractivity contribution in [3.05, 3.63) is 99.6 Å². The molecular weight excluding hydrogens is 458 g/mol. The van der Waals surface area contributed by atoms with Crippen LogP contribution in [-0.4, -0.2) is 0 Å². The fraction of sp³-hybridized carbons (Fsp3) is 0.179. The molecule has 3 rings (SSSR count). The maximum atomic E-state index is 14.3. The number of nitrogens with zero attached hydrogens (tertiary/aromatic N) is 1. The van der Waals surface area contributed by atoms with Crippen LogP contribution in [0.3, 0.4) is 0 Å². The second-order valence-corrected chi connectivity index (χ2v) is 8.23. The van der Waals surface area contributed by atoms with Crippen molar-refractivity contribution in [2.45, 2.75) is 37.5 Å². The summed E-state index contributed by atoms with van der Waals surface area (Å²) in [6, 6.07) is 11.4. The summed E-state index contributed by atoms with van der Waals surface area (Å²) >= 11 is 0.410. The minimum Gasteiger partial charge on any atom is -0.206 e. The molecule has 0 spiro atoms. The lowest BCUT2D eigenvalue weighted by atomic mass is 10.0. The van der Waals surface area contributed by atoms with Gasteiger partial charge in [0, 0.05) is 16.7 Å². The van der Waals surface area contributed by atoms with E-state index in [0.29, 0.717) is 34.9 Å². The highest BCUT2D eigenvalue weighted by Gasteiger charge is 2.11. The van der Waals surface area contributed by atoms with Crippen molar-refractivity contribution in [2.75, 3.05) is 0 Å². The highest BCUT2D eigenvalue weighted by molar-refractivity contribution is 8.03. The monoisotopic (exact) mass is 477 g/mol. The van der Waals surface area contributed by atoms with Gasteiger partial charge in [0.1, 0.15) is 28.7 Å². The van der Waals surface area contributed by atoms with Crippen LogP contribution >= 0.6 is 11.8 Å². The van der Waals surface area contributed by atoms with Gasteiger partial charge in [0.2, 0.25) is 0 Å². The Balaban J connectivity index is 1.74. The first kappa shape index (κ1) is 25.0. The van der Waals surface area contributed by atoms with Gasteiger partial charge in [-0.2, -0.15) is 5.26 Å². The topological polar surface area (TPSA) is 23.8 Å². The Morgan fingerprint density at radius 2 is 1.24 bits per heavy atom. The first-order valence-electron chi connectivity index (χ1n) is 10.6. The second kappa shape index (κ2) is 12.0. The Labute approximate surface area is 200 Å². The molecule has 0 atom stereocenters. The van der Waals surface area contributed by atoms with E-state index >= 15 is 0 Å². The van der Waals surface area contributed by atoms with Gasteiger partial charge in [0.15, 0.2) is 0 Å². The molecule has 0 radical (unpaired) electrons. The van der Waals surface area contributed by atoms with Gasteiger partial charge < -0.3 is 0 Å². The number of hydrogen-bond acceptors (Lipinski definition) is 2. The van der Waals surface area contributed by atoms with Crippen molar-refractivity contribution >= 4 is 11.8 Å². The summed E-state index contributed by atoms with van der Waals surface area (Å²) in [5.74, 6) is 7.69. The summed E-state index contributed by atoms with van der Waals surface area (Å²) in [5, 5.41) is 10.2. The predicted molar refractivity (Wildman–Crippen MR) is 126 cm³/mol. The molecule has 0 saturated carbocycles. The average molecular weight is 478 g/mol. The van der Waals surface area contributed by atoms with E-state index in [1.807, 2.05) is 0 Å². The number of unbranched alkanes of at least 4 members (excludes halogenated alkanes) is 2. The van der Waals surface area contributed by atoms with E-state index in [1.54, 1.807) is 29.7 Å². The summed E-state index contributed by atoms with van der Waals surface area (Å²) in [6.07, 6.45) is 3.55. The molecular formula is C28H19F4NS. The molecule has 0 saturated heterocycles. The molecule has 3 aromatic carbocycles. The van der Waals surface area contributed by atoms with Crippen LogP contribution in [0.1, 0.15) is 54.0 Å². The number of aryl methyl sites for hydroxylation is 1. The quantitative estimate of drug-likeness (QED) is 0.126. The Morgan fingerprint density at radius 1 is 0.706 bits per heavy atom. The normalized spacial score (nSPS) is 10.0. The van der Waals surface area contributed by atoms with Gasteiger partial charge in [0.25, 0.3) is 0 Å². The molecule has 0 aliphatic carbocycles. The van der Waals surface area contributed by atoms with E-state index in [9.17, 15) is 17.6 Å². The van der Waals surface area contributed by atoms with Crippen molar-refractivity contribution in [3.63, 3.8) is 0 Å². The van der Waals surface area contributed by atoms with Gasteiger partial charge in [-0.1, -0.05) is 43.4 Å². The third kappa shape index (κ3) is 6.67. The molecule has 0 aromatic heterocycles. The highest BCUT2D eigenvalue weighted by atomic mass is 32.2. The average Bonchev–Trinajstić information content (AvgIpc) is 2.80. The van der Waals surface area contributed by atoms with Crippen LogP contribution in [-0.2, 0) is 6.42 Å². The van der Waals surface area contributed by atoms with Gasteiger partial charge in [-0.15, -0.1) is 0 Å². The largest absolute Gasteiger partial charge is 0.206 e. The van der Waals surface area contributed by atoms with Gasteiger partial charge in [-0.3, -0.25) is 0 Å². The van der Waals surface area contributed by atoms with Gasteiger partial charge in [0.05, 0.1) is 10.5 Å². The van der Waals surface area contributed by atoms with Crippen LogP contribution in [0, 0.1) is 57.6 Å². The summed E-state index contributed by atoms with van der Waals surface area (Å²) in [5.41, 5.74) is 1.58. The smallest absolute Gasteiger partial charge is 0.142 e. The van der Waals surface area contributed by atoms with E-state index in [-0.39, 0.29) is 16.0 Å². The van der Waals surface area contributed by atoms with Crippen LogP contribution < -0.4 is 0 Å². The fourth-order valence-electron chi connectivity index (χ4n) is 3.16. The number of thiocyanates is 1. The first-order chi connectivity index (χ1) is 16.4. The number of nitriles is 1. The van der Waals surface area contributed by atoms with Gasteiger partial charge in [-0.05, 0) is 78.7 Å². The van der Waals surface area contributed by atoms with Gasteiger partial charge >= 0.3 is 0 Å². The Bertz CT molecular complexity index is 1300. The molecule has 170 valence electrons. The van der Waals surface area contributed by atoms with Crippen LogP contribution in [0.4, 0.5) is 17.6 Å². The number of hydrogen-bond donors (Lipinski definition) is 0. The summed E-state index contributed by atoms with van der Waals surface area (Å²) in [4.78, 5) is -0.366. The van der Waals surface area contributed by atoms with Gasteiger partial charge in [-0.25, -0.2) is 17.6 Å². The maximum absolute atomic E-state index is 14.3. The zero-order valence-corrected chi connectivity index (χ0v) is 19.1. The second-order valence-electron chi connectivity index (χ2n) is 7.43. The summed E-state index contributed by atoms with van der Waals surface area (Å²) in [6.45, 7) is 2.07. The lowest BCUT2D eigenvalue weighted by molar-refractivity contribution is 0.540. The standard InChI is InChI=1S/C28H19F4NS/c1-2-3-4-5-21-14-24(29)23(25(30)15-21)13-12-20-8-6-19(7-9-20)10-11-22-16-26(31)28(34-18-33)27(32)17-22/h6-9,14-17H,2-5H2,1H3. The molecule has 0 N–H and O–H groups in total. The number of halogens is 4. The van der Waals surface area contributed by atoms with Crippen molar-refractivity contribution in [2.24, 2.45) is 0 Å². The molecule has 0 unspecified atom stereocenters. The summed E-state index contributed by atoms with van der Waals surface area (Å²) < 4.78 is 56.5. The molecule has 3 aromatic rings. The molecule has 0 heterocycles. The van der Waals surface area contributed by atoms with Crippen LogP contribution in [0.25, 0.3) is 0 Å². The number of benzene rings is 3. The van der Waals surface area contributed by atoms with Crippen molar-refractivity contribution in [1.29, 1.82) is 5.26 Å². The maximum Gasteiger partial charge on any atom is 0.142 e. The molecule has 0 fully saturated rings. The number of thioether (sulfide) groups is 1. The molecule has 1 nitrogen and oxygen atoms in total. The zero-order valence-electron chi connectivity index (χ0n) is 18.3. The Kier molecular flexibility index (Phi) is 8.80. The predicted octanol–water partition coefficient (Wildman–Crippen LogP) is 7.35. The van der Waals surface area contributed by atoms with Crippen molar-refractivity contribution in [1.82, 2.24) is 0 Å². The molecule has 0 amide bonds. The lowest BCUT2D eigenvalue weighted by Crippen LogP contribution is -1.95.